The Morgan fingerprint density at radius 2 is 1.64 bits per heavy atom. The minimum atomic E-state index is 0. The van der Waals surface area contributed by atoms with Crippen LogP contribution < -0.4 is 9.64 Å². The second kappa shape index (κ2) is 11.5. The molecular weight excluding hydrogens is 318 g/mol. The zero-order valence-electron chi connectivity index (χ0n) is 15.3. The van der Waals surface area contributed by atoms with Gasteiger partial charge in [0.25, 0.3) is 0 Å². The highest BCUT2D eigenvalue weighted by Gasteiger charge is 2.15. The fourth-order valence-corrected chi connectivity index (χ4v) is 2.54. The Hall–Kier alpha value is -2.08. The molecule has 2 aromatic carbocycles. The third-order valence-corrected chi connectivity index (χ3v) is 3.70. The summed E-state index contributed by atoms with van der Waals surface area (Å²) < 4.78 is 15.8. The highest BCUT2D eigenvalue weighted by Crippen LogP contribution is 2.30. The SMILES string of the molecule is COC.Cc1ccc(N2CCOCC2)c(OCc2ccccc2)c1.O. The number of morpholine rings is 1. The highest BCUT2D eigenvalue weighted by atomic mass is 16.5. The molecule has 0 bridgehead atoms. The molecule has 0 radical (unpaired) electrons. The molecule has 0 aliphatic carbocycles. The fraction of sp³-hybridized carbons (Fsp3) is 0.400. The van der Waals surface area contributed by atoms with E-state index in [9.17, 15) is 0 Å². The Bertz CT molecular complexity index is 598. The lowest BCUT2D eigenvalue weighted by Crippen LogP contribution is -2.36. The number of benzene rings is 2. The molecule has 2 aromatic rings. The first-order valence-corrected chi connectivity index (χ1v) is 8.24. The summed E-state index contributed by atoms with van der Waals surface area (Å²) in [5.41, 5.74) is 3.57. The minimum absolute atomic E-state index is 0. The molecule has 2 N–H and O–H groups in total. The fourth-order valence-electron chi connectivity index (χ4n) is 2.54. The molecule has 1 aliphatic rings. The summed E-state index contributed by atoms with van der Waals surface area (Å²) in [5.74, 6) is 0.959. The number of rotatable bonds is 4. The first kappa shape index (κ1) is 21.0. The van der Waals surface area contributed by atoms with Crippen LogP contribution in [0.2, 0.25) is 0 Å². The van der Waals surface area contributed by atoms with Crippen LogP contribution in [0.15, 0.2) is 48.5 Å². The Morgan fingerprint density at radius 1 is 1.00 bits per heavy atom. The standard InChI is InChI=1S/C18H21NO2.C2H6O.H2O/c1-15-7-8-17(19-9-11-20-12-10-19)18(13-15)21-14-16-5-3-2-4-6-16;1-3-2;/h2-8,13H,9-12,14H2,1H3;1-2H3;1H2. The van der Waals surface area contributed by atoms with Gasteiger partial charge in [-0.3, -0.25) is 0 Å². The summed E-state index contributed by atoms with van der Waals surface area (Å²) in [6, 6.07) is 16.7. The van der Waals surface area contributed by atoms with Gasteiger partial charge in [-0.15, -0.1) is 0 Å². The topological polar surface area (TPSA) is 62.4 Å². The molecule has 1 heterocycles. The van der Waals surface area contributed by atoms with Gasteiger partial charge in [0.1, 0.15) is 12.4 Å². The average molecular weight is 347 g/mol. The van der Waals surface area contributed by atoms with E-state index in [2.05, 4.69) is 46.9 Å². The maximum Gasteiger partial charge on any atom is 0.143 e. The molecular formula is C20H29NO4. The molecule has 138 valence electrons. The van der Waals surface area contributed by atoms with Crippen molar-refractivity contribution in [1.82, 2.24) is 0 Å². The zero-order valence-corrected chi connectivity index (χ0v) is 15.3. The van der Waals surface area contributed by atoms with Gasteiger partial charge in [0.15, 0.2) is 0 Å². The number of nitrogens with zero attached hydrogens (tertiary/aromatic N) is 1. The molecule has 0 spiro atoms. The number of hydrogen-bond acceptors (Lipinski definition) is 4. The van der Waals surface area contributed by atoms with Crippen LogP contribution in [-0.4, -0.2) is 46.0 Å². The molecule has 5 heteroatoms. The van der Waals surface area contributed by atoms with Crippen molar-refractivity contribution in [2.24, 2.45) is 0 Å². The van der Waals surface area contributed by atoms with E-state index in [0.29, 0.717) is 6.61 Å². The summed E-state index contributed by atoms with van der Waals surface area (Å²) in [5, 5.41) is 0. The number of ether oxygens (including phenoxy) is 3. The number of hydrogen-bond donors (Lipinski definition) is 0. The second-order valence-electron chi connectivity index (χ2n) is 5.75. The summed E-state index contributed by atoms with van der Waals surface area (Å²) in [6.45, 7) is 6.10. The zero-order chi connectivity index (χ0) is 17.2. The van der Waals surface area contributed by atoms with E-state index in [0.717, 1.165) is 32.1 Å². The van der Waals surface area contributed by atoms with Crippen molar-refractivity contribution in [3.8, 4) is 5.75 Å². The average Bonchev–Trinajstić information content (AvgIpc) is 2.62. The Balaban J connectivity index is 0.000000730. The van der Waals surface area contributed by atoms with E-state index in [1.54, 1.807) is 14.2 Å². The van der Waals surface area contributed by atoms with E-state index >= 15 is 0 Å². The lowest BCUT2D eigenvalue weighted by molar-refractivity contribution is 0.122. The largest absolute Gasteiger partial charge is 0.487 e. The van der Waals surface area contributed by atoms with Crippen LogP contribution in [0.3, 0.4) is 0 Å². The molecule has 1 saturated heterocycles. The van der Waals surface area contributed by atoms with E-state index in [1.165, 1.54) is 16.8 Å². The normalized spacial score (nSPS) is 13.3. The van der Waals surface area contributed by atoms with Gasteiger partial charge in [-0.25, -0.2) is 0 Å². The van der Waals surface area contributed by atoms with E-state index in [1.807, 2.05) is 18.2 Å². The van der Waals surface area contributed by atoms with E-state index in [-0.39, 0.29) is 5.48 Å². The Kier molecular flexibility index (Phi) is 9.62. The van der Waals surface area contributed by atoms with Gasteiger partial charge in [0.05, 0.1) is 18.9 Å². The van der Waals surface area contributed by atoms with Gasteiger partial charge in [-0.05, 0) is 30.2 Å². The molecule has 25 heavy (non-hydrogen) atoms. The Labute approximate surface area is 150 Å². The minimum Gasteiger partial charge on any atom is -0.487 e. The maximum absolute atomic E-state index is 6.07. The molecule has 3 rings (SSSR count). The van der Waals surface area contributed by atoms with Crippen molar-refractivity contribution < 1.29 is 19.7 Å². The summed E-state index contributed by atoms with van der Waals surface area (Å²) in [4.78, 5) is 2.34. The van der Waals surface area contributed by atoms with Gasteiger partial charge in [0, 0.05) is 27.3 Å². The lowest BCUT2D eigenvalue weighted by atomic mass is 10.2. The first-order chi connectivity index (χ1) is 11.7. The van der Waals surface area contributed by atoms with Crippen LogP contribution >= 0.6 is 0 Å². The van der Waals surface area contributed by atoms with Crippen LogP contribution in [0.25, 0.3) is 0 Å². The highest BCUT2D eigenvalue weighted by molar-refractivity contribution is 5.60. The van der Waals surface area contributed by atoms with Crippen molar-refractivity contribution in [3.63, 3.8) is 0 Å². The number of anilines is 1. The molecule has 0 saturated carbocycles. The van der Waals surface area contributed by atoms with Crippen molar-refractivity contribution >= 4 is 5.69 Å². The van der Waals surface area contributed by atoms with Gasteiger partial charge >= 0.3 is 0 Å². The van der Waals surface area contributed by atoms with Crippen molar-refractivity contribution in [3.05, 3.63) is 59.7 Å². The predicted molar refractivity (Wildman–Crippen MR) is 102 cm³/mol. The third kappa shape index (κ3) is 6.74. The smallest absolute Gasteiger partial charge is 0.143 e. The quantitative estimate of drug-likeness (QED) is 0.853. The molecule has 0 aromatic heterocycles. The molecule has 0 amide bonds. The van der Waals surface area contributed by atoms with Crippen LogP contribution in [-0.2, 0) is 16.1 Å². The van der Waals surface area contributed by atoms with Crippen molar-refractivity contribution in [1.29, 1.82) is 0 Å². The second-order valence-corrected chi connectivity index (χ2v) is 5.75. The molecule has 1 fully saturated rings. The first-order valence-electron chi connectivity index (χ1n) is 8.24. The molecule has 0 atom stereocenters. The van der Waals surface area contributed by atoms with Gasteiger partial charge < -0.3 is 24.6 Å². The molecule has 1 aliphatic heterocycles. The van der Waals surface area contributed by atoms with Crippen LogP contribution in [0.4, 0.5) is 5.69 Å². The third-order valence-electron chi connectivity index (χ3n) is 3.70. The van der Waals surface area contributed by atoms with Crippen LogP contribution in [0.5, 0.6) is 5.75 Å². The monoisotopic (exact) mass is 347 g/mol. The lowest BCUT2D eigenvalue weighted by Gasteiger charge is -2.30. The van der Waals surface area contributed by atoms with Gasteiger partial charge in [-0.2, -0.15) is 0 Å². The van der Waals surface area contributed by atoms with Crippen molar-refractivity contribution in [2.45, 2.75) is 13.5 Å². The predicted octanol–water partition coefficient (Wildman–Crippen LogP) is 2.85. The summed E-state index contributed by atoms with van der Waals surface area (Å²) in [6.07, 6.45) is 0. The van der Waals surface area contributed by atoms with Crippen molar-refractivity contribution in [2.75, 3.05) is 45.4 Å². The number of aryl methyl sites for hydroxylation is 1. The summed E-state index contributed by atoms with van der Waals surface area (Å²) in [7, 11) is 3.25. The molecule has 0 unspecified atom stereocenters. The van der Waals surface area contributed by atoms with Crippen LogP contribution in [0.1, 0.15) is 11.1 Å². The van der Waals surface area contributed by atoms with Gasteiger partial charge in [0.2, 0.25) is 0 Å². The van der Waals surface area contributed by atoms with Crippen LogP contribution in [0, 0.1) is 6.92 Å². The van der Waals surface area contributed by atoms with E-state index < -0.39 is 0 Å². The van der Waals surface area contributed by atoms with Gasteiger partial charge in [-0.1, -0.05) is 36.4 Å². The number of methoxy groups -OCH3 is 1. The van der Waals surface area contributed by atoms with E-state index in [4.69, 9.17) is 9.47 Å². The summed E-state index contributed by atoms with van der Waals surface area (Å²) >= 11 is 0. The Morgan fingerprint density at radius 3 is 2.28 bits per heavy atom. The maximum atomic E-state index is 6.07. The molecule has 5 nitrogen and oxygen atoms in total.